The molecule has 0 saturated carbocycles. The van der Waals surface area contributed by atoms with Gasteiger partial charge >= 0.3 is 6.18 Å². The summed E-state index contributed by atoms with van der Waals surface area (Å²) in [5, 5.41) is 2.87. The minimum Gasteiger partial charge on any atom is -0.376 e. The number of aryl methyl sites for hydroxylation is 1. The zero-order chi connectivity index (χ0) is 16.4. The van der Waals surface area contributed by atoms with E-state index in [4.69, 9.17) is 4.74 Å². The van der Waals surface area contributed by atoms with Crippen LogP contribution < -0.4 is 5.32 Å². The molecule has 0 spiro atoms. The molecule has 1 atom stereocenters. The average Bonchev–Trinajstić information content (AvgIpc) is 3.15. The van der Waals surface area contributed by atoms with E-state index in [0.29, 0.717) is 18.0 Å². The lowest BCUT2D eigenvalue weighted by Crippen LogP contribution is -2.21. The minimum atomic E-state index is -4.51. The lowest BCUT2D eigenvalue weighted by atomic mass is 10.2. The molecule has 8 heteroatoms. The average molecular weight is 343 g/mol. The highest BCUT2D eigenvalue weighted by Gasteiger charge is 2.34. The summed E-state index contributed by atoms with van der Waals surface area (Å²) in [5.74, 6) is -0.0172. The first-order valence-electron chi connectivity index (χ1n) is 7.30. The Bertz CT molecular complexity index is 681. The lowest BCUT2D eigenvalue weighted by Gasteiger charge is -2.13. The van der Waals surface area contributed by atoms with Crippen LogP contribution >= 0.6 is 11.3 Å². The van der Waals surface area contributed by atoms with E-state index in [-0.39, 0.29) is 17.7 Å². The number of rotatable bonds is 4. The molecule has 1 fully saturated rings. The van der Waals surface area contributed by atoms with Crippen molar-refractivity contribution in [1.29, 1.82) is 0 Å². The van der Waals surface area contributed by atoms with Gasteiger partial charge in [0.15, 0.2) is 5.69 Å². The Morgan fingerprint density at radius 2 is 2.17 bits per heavy atom. The van der Waals surface area contributed by atoms with Gasteiger partial charge in [-0.1, -0.05) is 0 Å². The fourth-order valence-corrected chi connectivity index (χ4v) is 3.21. The number of nitrogens with zero attached hydrogens (tertiary/aromatic N) is 2. The molecule has 1 aliphatic rings. The van der Waals surface area contributed by atoms with Crippen molar-refractivity contribution in [2.24, 2.45) is 0 Å². The van der Waals surface area contributed by atoms with Crippen LogP contribution in [0.5, 0.6) is 0 Å². The minimum absolute atomic E-state index is 0.000532. The van der Waals surface area contributed by atoms with Gasteiger partial charge in [-0.15, -0.1) is 11.3 Å². The van der Waals surface area contributed by atoms with Crippen molar-refractivity contribution in [2.75, 3.05) is 18.5 Å². The van der Waals surface area contributed by atoms with Gasteiger partial charge in [-0.2, -0.15) is 13.2 Å². The Hall–Kier alpha value is -1.67. The van der Waals surface area contributed by atoms with Crippen molar-refractivity contribution >= 4 is 17.3 Å². The first kappa shape index (κ1) is 16.2. The topological polar surface area (TPSA) is 47.0 Å². The number of halogens is 3. The highest BCUT2D eigenvalue weighted by atomic mass is 32.1. The quantitative estimate of drug-likeness (QED) is 0.907. The number of anilines is 1. The van der Waals surface area contributed by atoms with Crippen LogP contribution in [0, 0.1) is 6.92 Å². The van der Waals surface area contributed by atoms with Crippen molar-refractivity contribution in [3.8, 4) is 10.6 Å². The molecule has 0 amide bonds. The normalized spacial score (nSPS) is 18.3. The first-order valence-corrected chi connectivity index (χ1v) is 8.12. The van der Waals surface area contributed by atoms with E-state index in [9.17, 15) is 13.2 Å². The number of nitrogens with one attached hydrogen (secondary N) is 1. The maximum Gasteiger partial charge on any atom is 0.433 e. The van der Waals surface area contributed by atoms with E-state index in [1.54, 1.807) is 6.07 Å². The van der Waals surface area contributed by atoms with Gasteiger partial charge < -0.3 is 10.1 Å². The summed E-state index contributed by atoms with van der Waals surface area (Å²) in [5.41, 5.74) is -0.663. The third-order valence-corrected chi connectivity index (χ3v) is 4.54. The number of hydrogen-bond donors (Lipinski definition) is 1. The molecule has 0 bridgehead atoms. The molecule has 2 aromatic heterocycles. The molecule has 1 saturated heterocycles. The second-order valence-corrected chi connectivity index (χ2v) is 6.67. The molecule has 4 nitrogen and oxygen atoms in total. The van der Waals surface area contributed by atoms with E-state index in [0.717, 1.165) is 23.8 Å². The van der Waals surface area contributed by atoms with Crippen LogP contribution in [0.3, 0.4) is 0 Å². The highest BCUT2D eigenvalue weighted by molar-refractivity contribution is 7.15. The van der Waals surface area contributed by atoms with Gasteiger partial charge in [-0.25, -0.2) is 9.97 Å². The Kier molecular flexibility index (Phi) is 4.54. The summed E-state index contributed by atoms with van der Waals surface area (Å²) < 4.78 is 44.7. The van der Waals surface area contributed by atoms with Crippen molar-refractivity contribution < 1.29 is 17.9 Å². The number of alkyl halides is 3. The predicted molar refractivity (Wildman–Crippen MR) is 82.5 cm³/mol. The number of thiophene rings is 1. The maximum atomic E-state index is 13.1. The Morgan fingerprint density at radius 1 is 1.35 bits per heavy atom. The lowest BCUT2D eigenvalue weighted by molar-refractivity contribution is -0.141. The van der Waals surface area contributed by atoms with E-state index in [1.165, 1.54) is 11.3 Å². The standard InChI is InChI=1S/C15H16F3N3OS/c1-9-4-5-12(23-9)11-7-13(15(16,17)18)21-14(20-11)19-8-10-3-2-6-22-10/h4-5,7,10H,2-3,6,8H2,1H3,(H,19,20,21)/t10-/m0/s1. The van der Waals surface area contributed by atoms with Gasteiger partial charge in [0.1, 0.15) is 0 Å². The monoisotopic (exact) mass is 343 g/mol. The summed E-state index contributed by atoms with van der Waals surface area (Å²) >= 11 is 1.40. The Morgan fingerprint density at radius 3 is 2.78 bits per heavy atom. The second-order valence-electron chi connectivity index (χ2n) is 5.39. The van der Waals surface area contributed by atoms with Crippen molar-refractivity contribution in [3.63, 3.8) is 0 Å². The van der Waals surface area contributed by atoms with E-state index < -0.39 is 11.9 Å². The molecule has 3 rings (SSSR count). The molecule has 3 heterocycles. The van der Waals surface area contributed by atoms with Gasteiger partial charge in [-0.3, -0.25) is 0 Å². The summed E-state index contributed by atoms with van der Waals surface area (Å²) in [4.78, 5) is 9.53. The van der Waals surface area contributed by atoms with Gasteiger partial charge in [0.25, 0.3) is 0 Å². The van der Waals surface area contributed by atoms with Gasteiger partial charge in [-0.05, 0) is 38.0 Å². The second kappa shape index (κ2) is 6.45. The smallest absolute Gasteiger partial charge is 0.376 e. The fraction of sp³-hybridized carbons (Fsp3) is 0.467. The van der Waals surface area contributed by atoms with Crippen LogP contribution in [0.25, 0.3) is 10.6 Å². The van der Waals surface area contributed by atoms with Crippen LogP contribution in [-0.2, 0) is 10.9 Å². The summed E-state index contributed by atoms with van der Waals surface area (Å²) in [7, 11) is 0. The number of aromatic nitrogens is 2. The van der Waals surface area contributed by atoms with Crippen LogP contribution in [-0.4, -0.2) is 29.2 Å². The third kappa shape index (κ3) is 4.00. The summed E-state index contributed by atoms with van der Waals surface area (Å²) in [6, 6.07) is 4.61. The highest BCUT2D eigenvalue weighted by Crippen LogP contribution is 2.33. The maximum absolute atomic E-state index is 13.1. The molecular weight excluding hydrogens is 327 g/mol. The molecule has 0 unspecified atom stereocenters. The van der Waals surface area contributed by atoms with Crippen LogP contribution in [0.4, 0.5) is 19.1 Å². The molecule has 0 aromatic carbocycles. The van der Waals surface area contributed by atoms with Crippen LogP contribution in [0.1, 0.15) is 23.4 Å². The molecule has 1 N–H and O–H groups in total. The number of hydrogen-bond acceptors (Lipinski definition) is 5. The summed E-state index contributed by atoms with van der Waals surface area (Å²) in [6.45, 7) is 3.00. The molecule has 2 aromatic rings. The van der Waals surface area contributed by atoms with Gasteiger partial charge in [0.2, 0.25) is 5.95 Å². The molecule has 0 aliphatic carbocycles. The zero-order valence-electron chi connectivity index (χ0n) is 12.5. The van der Waals surface area contributed by atoms with Crippen molar-refractivity contribution in [3.05, 3.63) is 28.8 Å². The summed E-state index contributed by atoms with van der Waals surface area (Å²) in [6.07, 6.45) is -2.65. The van der Waals surface area contributed by atoms with Gasteiger partial charge in [0.05, 0.1) is 16.7 Å². The molecule has 124 valence electrons. The predicted octanol–water partition coefficient (Wildman–Crippen LogP) is 4.12. The van der Waals surface area contributed by atoms with E-state index >= 15 is 0 Å². The molecular formula is C15H16F3N3OS. The van der Waals surface area contributed by atoms with Crippen molar-refractivity contribution in [2.45, 2.75) is 32.0 Å². The van der Waals surface area contributed by atoms with Crippen molar-refractivity contribution in [1.82, 2.24) is 9.97 Å². The van der Waals surface area contributed by atoms with E-state index in [1.807, 2.05) is 13.0 Å². The van der Waals surface area contributed by atoms with Crippen LogP contribution in [0.2, 0.25) is 0 Å². The Labute approximate surface area is 135 Å². The SMILES string of the molecule is Cc1ccc(-c2cc(C(F)(F)F)nc(NC[C@@H]3CCCO3)n2)s1. The number of ether oxygens (including phenoxy) is 1. The Balaban J connectivity index is 1.88. The van der Waals surface area contributed by atoms with Crippen LogP contribution in [0.15, 0.2) is 18.2 Å². The fourth-order valence-electron chi connectivity index (χ4n) is 2.38. The first-order chi connectivity index (χ1) is 10.9. The molecule has 1 aliphatic heterocycles. The zero-order valence-corrected chi connectivity index (χ0v) is 13.3. The third-order valence-electron chi connectivity index (χ3n) is 3.52. The van der Waals surface area contributed by atoms with E-state index in [2.05, 4.69) is 15.3 Å². The molecule has 0 radical (unpaired) electrons. The largest absolute Gasteiger partial charge is 0.433 e. The van der Waals surface area contributed by atoms with Gasteiger partial charge in [0, 0.05) is 18.0 Å². The molecule has 23 heavy (non-hydrogen) atoms.